The van der Waals surface area contributed by atoms with Gasteiger partial charge in [-0.05, 0) is 67.0 Å². The van der Waals surface area contributed by atoms with Gasteiger partial charge in [0.05, 0.1) is 29.4 Å². The van der Waals surface area contributed by atoms with Crippen LogP contribution in [-0.4, -0.2) is 124 Å². The quantitative estimate of drug-likeness (QED) is 0.209. The molecule has 17 heteroatoms. The number of ketones is 2. The number of fused-ring (bicyclic) bond motifs is 1. The van der Waals surface area contributed by atoms with Crippen molar-refractivity contribution in [1.29, 1.82) is 0 Å². The predicted octanol–water partition coefficient (Wildman–Crippen LogP) is 3.68. The van der Waals surface area contributed by atoms with Crippen molar-refractivity contribution in [1.82, 2.24) is 25.7 Å². The van der Waals surface area contributed by atoms with E-state index in [0.717, 1.165) is 6.92 Å². The Morgan fingerprint density at radius 3 is 2.48 bits per heavy atom. The molecule has 0 spiro atoms. The van der Waals surface area contributed by atoms with E-state index in [-0.39, 0.29) is 37.1 Å². The largest absolute Gasteiger partial charge is 0.457 e. The number of cyclic esters (lactones) is 1. The van der Waals surface area contributed by atoms with Gasteiger partial charge in [0.1, 0.15) is 35.3 Å². The van der Waals surface area contributed by atoms with E-state index < -0.39 is 89.0 Å². The van der Waals surface area contributed by atoms with Crippen molar-refractivity contribution in [3.05, 3.63) is 23.4 Å². The van der Waals surface area contributed by atoms with Gasteiger partial charge in [0.2, 0.25) is 5.76 Å². The molecule has 0 unspecified atom stereocenters. The average molecular weight is 804 g/mol. The van der Waals surface area contributed by atoms with Crippen LogP contribution in [0.2, 0.25) is 0 Å². The van der Waals surface area contributed by atoms with E-state index in [1.807, 2.05) is 25.9 Å². The number of rotatable bonds is 7. The van der Waals surface area contributed by atoms with Gasteiger partial charge in [-0.1, -0.05) is 38.8 Å². The standard InChI is InChI=1S/C39H54FN5O10S/c1-11-27-39(8)30(42-36(50)43-39)22(4)28(46)20(2)19-37(6,51-15-12-13-24-18-25(44-55-24)33-41-14-16-56-33)32(23(5)31(48)38(7,40)35(49)53-27)54-34-29(47)26(45(9)10)17-21(3)52-34/h14,16,18,20-23,26-27,29-30,32,34,47H,11,15,17,19H2,1-10H3,(H2,42,43,50)/t20-,21-,22+,23+,26+,27-,29-,30-,32-,34+,37-,38-,39-/m1/s1. The van der Waals surface area contributed by atoms with Crippen molar-refractivity contribution in [2.45, 2.75) is 134 Å². The van der Waals surface area contributed by atoms with E-state index in [4.69, 9.17) is 23.5 Å². The smallest absolute Gasteiger partial charge is 0.351 e. The molecule has 3 N–H and O–H groups in total. The minimum Gasteiger partial charge on any atom is -0.457 e. The lowest BCUT2D eigenvalue weighted by atomic mass is 9.72. The summed E-state index contributed by atoms with van der Waals surface area (Å²) in [6, 6.07) is -0.232. The Balaban J connectivity index is 1.58. The van der Waals surface area contributed by atoms with Gasteiger partial charge >= 0.3 is 12.0 Å². The third-order valence-corrected chi connectivity index (χ3v) is 12.3. The van der Waals surface area contributed by atoms with E-state index >= 15 is 4.39 Å². The monoisotopic (exact) mass is 803 g/mol. The highest BCUT2D eigenvalue weighted by Crippen LogP contribution is 2.40. The number of likely N-dealkylation sites (N-methyl/N-ethyl adjacent to an activating group) is 1. The molecule has 0 radical (unpaired) electrons. The molecule has 2 aromatic rings. The number of hydrogen-bond donors (Lipinski definition) is 3. The summed E-state index contributed by atoms with van der Waals surface area (Å²) in [5.74, 6) is 0.0430. The summed E-state index contributed by atoms with van der Waals surface area (Å²) in [7, 11) is 3.62. The maximum atomic E-state index is 16.9. The molecule has 3 aliphatic rings. The molecule has 2 aromatic heterocycles. The summed E-state index contributed by atoms with van der Waals surface area (Å²) in [6.07, 6.45) is -3.25. The van der Waals surface area contributed by atoms with Gasteiger partial charge in [0, 0.05) is 41.4 Å². The second-order valence-electron chi connectivity index (χ2n) is 16.1. The Morgan fingerprint density at radius 1 is 1.12 bits per heavy atom. The van der Waals surface area contributed by atoms with Crippen molar-refractivity contribution in [3.8, 4) is 22.5 Å². The molecule has 13 atom stereocenters. The molecule has 0 bridgehead atoms. The fourth-order valence-corrected chi connectivity index (χ4v) is 8.98. The molecular weight excluding hydrogens is 750 g/mol. The number of aliphatic hydroxyl groups is 1. The number of aromatic nitrogens is 2. The van der Waals surface area contributed by atoms with Crippen molar-refractivity contribution in [2.75, 3.05) is 20.7 Å². The first kappa shape index (κ1) is 43.3. The maximum Gasteiger partial charge on any atom is 0.351 e. The number of alkyl halides is 1. The van der Waals surface area contributed by atoms with Crippen LogP contribution in [0.25, 0.3) is 10.7 Å². The topological polar surface area (TPSA) is 192 Å². The fourth-order valence-electron chi connectivity index (χ4n) is 8.39. The molecule has 56 heavy (non-hydrogen) atoms. The van der Waals surface area contributed by atoms with Crippen LogP contribution < -0.4 is 10.6 Å². The molecule has 0 aliphatic carbocycles. The summed E-state index contributed by atoms with van der Waals surface area (Å²) in [5.41, 5.74) is -5.63. The van der Waals surface area contributed by atoms with Gasteiger partial charge in [-0.2, -0.15) is 0 Å². The van der Waals surface area contributed by atoms with Crippen LogP contribution in [0.1, 0.15) is 80.4 Å². The second kappa shape index (κ2) is 17.0. The molecule has 0 saturated carbocycles. The number of urea groups is 1. The zero-order valence-corrected chi connectivity index (χ0v) is 34.4. The Bertz CT molecular complexity index is 1810. The molecule has 3 aliphatic heterocycles. The lowest BCUT2D eigenvalue weighted by molar-refractivity contribution is -0.296. The van der Waals surface area contributed by atoms with Gasteiger partial charge in [-0.25, -0.2) is 19.0 Å². The number of thiazole rings is 1. The number of aliphatic hydroxyl groups excluding tert-OH is 1. The highest BCUT2D eigenvalue weighted by Gasteiger charge is 2.58. The molecule has 5 heterocycles. The van der Waals surface area contributed by atoms with Crippen LogP contribution >= 0.6 is 11.3 Å². The van der Waals surface area contributed by atoms with E-state index in [1.165, 1.54) is 18.3 Å². The lowest BCUT2D eigenvalue weighted by Crippen LogP contribution is -2.63. The van der Waals surface area contributed by atoms with Crippen LogP contribution in [0.15, 0.2) is 22.2 Å². The molecule has 2 amide bonds. The Hall–Kier alpha value is -3.79. The van der Waals surface area contributed by atoms with Gasteiger partial charge in [-0.15, -0.1) is 11.3 Å². The minimum absolute atomic E-state index is 0.0818. The SMILES string of the molecule is CC[C@H]1OC(=O)[C@](C)(F)C(=O)[C@H](C)[C@@H](O[C@@H]2O[C@H](C)C[C@H](N(C)C)[C@H]2O)[C@](C)(OCC#Cc2cc(-c3nccs3)no2)C[C@@H](C)C(=O)[C@H](C)[C@H]2NC(=O)N[C@@]21C. The fraction of sp³-hybridized carbons (Fsp3) is 0.692. The molecular formula is C39H54FN5O10S. The summed E-state index contributed by atoms with van der Waals surface area (Å²) >= 11 is 1.39. The number of Topliss-reactive ketones (excluding diaryl/α,β-unsaturated/α-hetero) is 2. The number of carbonyl (C=O) groups is 4. The number of nitrogens with zero attached hydrogens (tertiary/aromatic N) is 3. The summed E-state index contributed by atoms with van der Waals surface area (Å²) < 4.78 is 47.1. The number of hydrogen-bond acceptors (Lipinski definition) is 14. The van der Waals surface area contributed by atoms with E-state index in [9.17, 15) is 24.3 Å². The zero-order chi connectivity index (χ0) is 41.3. The molecule has 308 valence electrons. The third-order valence-electron chi connectivity index (χ3n) is 11.5. The minimum atomic E-state index is -3.19. The number of carbonyl (C=O) groups excluding carboxylic acids is 4. The van der Waals surface area contributed by atoms with Crippen molar-refractivity contribution < 1.29 is 52.1 Å². The number of nitrogens with one attached hydrogen (secondary N) is 2. The molecule has 15 nitrogen and oxygen atoms in total. The van der Waals surface area contributed by atoms with Crippen molar-refractivity contribution in [2.24, 2.45) is 17.8 Å². The highest BCUT2D eigenvalue weighted by atomic mass is 32.1. The van der Waals surface area contributed by atoms with Gasteiger partial charge in [0.25, 0.3) is 5.67 Å². The Morgan fingerprint density at radius 2 is 1.84 bits per heavy atom. The van der Waals surface area contributed by atoms with Gasteiger partial charge < -0.3 is 44.1 Å². The maximum absolute atomic E-state index is 16.9. The van der Waals surface area contributed by atoms with Gasteiger partial charge in [0.15, 0.2) is 12.1 Å². The lowest BCUT2D eigenvalue weighted by Gasteiger charge is -2.47. The first-order valence-corrected chi connectivity index (χ1v) is 19.8. The molecule has 5 rings (SSSR count). The number of ether oxygens (including phenoxy) is 4. The third kappa shape index (κ3) is 8.70. The van der Waals surface area contributed by atoms with Crippen molar-refractivity contribution >= 4 is 34.9 Å². The van der Waals surface area contributed by atoms with Crippen LogP contribution in [0.5, 0.6) is 0 Å². The second-order valence-corrected chi connectivity index (χ2v) is 17.0. The summed E-state index contributed by atoms with van der Waals surface area (Å²) in [6.45, 7) is 12.1. The number of halogens is 1. The Labute approximate surface area is 330 Å². The number of amides is 2. The summed E-state index contributed by atoms with van der Waals surface area (Å²) in [5, 5.41) is 23.6. The number of esters is 1. The molecule has 0 aromatic carbocycles. The van der Waals surface area contributed by atoms with E-state index in [1.54, 1.807) is 52.3 Å². The van der Waals surface area contributed by atoms with Gasteiger partial charge in [-0.3, -0.25) is 9.59 Å². The van der Waals surface area contributed by atoms with E-state index in [2.05, 4.69) is 32.6 Å². The summed E-state index contributed by atoms with van der Waals surface area (Å²) in [4.78, 5) is 61.4. The highest BCUT2D eigenvalue weighted by molar-refractivity contribution is 7.13. The molecule has 3 fully saturated rings. The van der Waals surface area contributed by atoms with Crippen LogP contribution in [0.4, 0.5) is 9.18 Å². The normalized spacial score (nSPS) is 38.5. The average Bonchev–Trinajstić information content (AvgIpc) is 3.91. The zero-order valence-electron chi connectivity index (χ0n) is 33.6. The predicted molar refractivity (Wildman–Crippen MR) is 202 cm³/mol. The molecule has 3 saturated heterocycles. The Kier molecular flexibility index (Phi) is 13.1. The first-order valence-electron chi connectivity index (χ1n) is 18.9. The van der Waals surface area contributed by atoms with Crippen molar-refractivity contribution in [3.63, 3.8) is 0 Å². The van der Waals surface area contributed by atoms with E-state index in [0.29, 0.717) is 17.1 Å². The van der Waals surface area contributed by atoms with Crippen LogP contribution in [-0.2, 0) is 33.3 Å². The van der Waals surface area contributed by atoms with Crippen LogP contribution in [0, 0.1) is 29.6 Å². The van der Waals surface area contributed by atoms with Crippen LogP contribution in [0.3, 0.4) is 0 Å². The first-order chi connectivity index (χ1) is 26.2.